The number of carbonyl (C=O) groups excluding carboxylic acids is 1. The van der Waals surface area contributed by atoms with Crippen LogP contribution >= 0.6 is 0 Å². The number of aliphatic hydroxyl groups is 1. The van der Waals surface area contributed by atoms with Crippen molar-refractivity contribution >= 4 is 5.91 Å². The number of aliphatic hydroxyl groups excluding tert-OH is 1. The molecule has 1 N–H and O–H groups in total. The van der Waals surface area contributed by atoms with Crippen molar-refractivity contribution in [2.24, 2.45) is 0 Å². The number of ether oxygens (including phenoxy) is 1. The van der Waals surface area contributed by atoms with Gasteiger partial charge in [-0.25, -0.2) is 0 Å². The quantitative estimate of drug-likeness (QED) is 0.831. The third kappa shape index (κ3) is 3.27. The fourth-order valence-electron chi connectivity index (χ4n) is 2.06. The van der Waals surface area contributed by atoms with E-state index >= 15 is 0 Å². The van der Waals surface area contributed by atoms with Gasteiger partial charge in [-0.15, -0.1) is 0 Å². The summed E-state index contributed by atoms with van der Waals surface area (Å²) in [7, 11) is 0. The minimum atomic E-state index is -0.199. The first-order chi connectivity index (χ1) is 8.81. The summed E-state index contributed by atoms with van der Waals surface area (Å²) in [6.45, 7) is 1.49. The lowest BCUT2D eigenvalue weighted by molar-refractivity contribution is -0.141. The van der Waals surface area contributed by atoms with Crippen molar-refractivity contribution in [2.45, 2.75) is 18.9 Å². The highest BCUT2D eigenvalue weighted by molar-refractivity contribution is 5.76. The van der Waals surface area contributed by atoms with Crippen molar-refractivity contribution in [1.82, 2.24) is 9.88 Å². The number of hydrogen-bond acceptors (Lipinski definition) is 4. The zero-order valence-corrected chi connectivity index (χ0v) is 10.3. The second-order valence-electron chi connectivity index (χ2n) is 4.32. The van der Waals surface area contributed by atoms with Crippen molar-refractivity contribution in [1.29, 1.82) is 0 Å². The van der Waals surface area contributed by atoms with Crippen molar-refractivity contribution in [3.8, 4) is 0 Å². The normalized spacial score (nSPS) is 19.8. The number of pyridine rings is 1. The molecule has 1 amide bonds. The maximum Gasteiger partial charge on any atom is 0.223 e. The summed E-state index contributed by atoms with van der Waals surface area (Å²) in [5, 5.41) is 9.21. The van der Waals surface area contributed by atoms with E-state index in [1.807, 2.05) is 18.2 Å². The Balaban J connectivity index is 1.87. The van der Waals surface area contributed by atoms with E-state index in [0.29, 0.717) is 32.6 Å². The minimum Gasteiger partial charge on any atom is -0.394 e. The molecular formula is C13H18N2O3. The SMILES string of the molecule is O=C(CCc1ccccn1)N1CCOCC1CO. The van der Waals surface area contributed by atoms with Crippen molar-refractivity contribution in [3.05, 3.63) is 30.1 Å². The fraction of sp³-hybridized carbons (Fsp3) is 0.538. The van der Waals surface area contributed by atoms with Crippen LogP contribution in [-0.2, 0) is 16.0 Å². The number of amides is 1. The molecule has 2 heterocycles. The number of nitrogens with zero attached hydrogens (tertiary/aromatic N) is 2. The predicted molar refractivity (Wildman–Crippen MR) is 66.0 cm³/mol. The first kappa shape index (κ1) is 13.0. The molecule has 0 aromatic carbocycles. The van der Waals surface area contributed by atoms with Crippen LogP contribution in [0.5, 0.6) is 0 Å². The topological polar surface area (TPSA) is 62.7 Å². The van der Waals surface area contributed by atoms with Gasteiger partial charge in [-0.3, -0.25) is 9.78 Å². The number of aromatic nitrogens is 1. The fourth-order valence-corrected chi connectivity index (χ4v) is 2.06. The zero-order valence-electron chi connectivity index (χ0n) is 10.3. The molecule has 1 atom stereocenters. The van der Waals surface area contributed by atoms with Crippen molar-refractivity contribution in [3.63, 3.8) is 0 Å². The second-order valence-corrected chi connectivity index (χ2v) is 4.32. The third-order valence-corrected chi connectivity index (χ3v) is 3.08. The summed E-state index contributed by atoms with van der Waals surface area (Å²) >= 11 is 0. The molecule has 1 saturated heterocycles. The molecule has 0 aliphatic carbocycles. The van der Waals surface area contributed by atoms with E-state index in [9.17, 15) is 9.90 Å². The molecule has 18 heavy (non-hydrogen) atoms. The third-order valence-electron chi connectivity index (χ3n) is 3.08. The number of carbonyl (C=O) groups is 1. The lowest BCUT2D eigenvalue weighted by Gasteiger charge is -2.34. The molecule has 98 valence electrons. The van der Waals surface area contributed by atoms with Crippen LogP contribution in [0, 0.1) is 0 Å². The summed E-state index contributed by atoms with van der Waals surface area (Å²) in [5.41, 5.74) is 0.916. The molecule has 5 nitrogen and oxygen atoms in total. The Labute approximate surface area is 106 Å². The van der Waals surface area contributed by atoms with E-state index < -0.39 is 0 Å². The van der Waals surface area contributed by atoms with Crippen molar-refractivity contribution in [2.75, 3.05) is 26.4 Å². The highest BCUT2D eigenvalue weighted by atomic mass is 16.5. The molecule has 1 aromatic rings. The highest BCUT2D eigenvalue weighted by Crippen LogP contribution is 2.10. The molecule has 5 heteroatoms. The molecule has 1 aliphatic rings. The number of hydrogen-bond donors (Lipinski definition) is 1. The van der Waals surface area contributed by atoms with E-state index in [-0.39, 0.29) is 18.6 Å². The molecule has 1 unspecified atom stereocenters. The molecule has 2 rings (SSSR count). The smallest absolute Gasteiger partial charge is 0.223 e. The maximum atomic E-state index is 12.1. The van der Waals surface area contributed by atoms with E-state index in [1.54, 1.807) is 11.1 Å². The van der Waals surface area contributed by atoms with Crippen LogP contribution in [-0.4, -0.2) is 53.3 Å². The Hall–Kier alpha value is -1.46. The van der Waals surface area contributed by atoms with Crippen molar-refractivity contribution < 1.29 is 14.6 Å². The van der Waals surface area contributed by atoms with Crippen LogP contribution in [0.2, 0.25) is 0 Å². The lowest BCUT2D eigenvalue weighted by atomic mass is 10.1. The summed E-state index contributed by atoms with van der Waals surface area (Å²) in [4.78, 5) is 18.0. The van der Waals surface area contributed by atoms with Gasteiger partial charge in [-0.2, -0.15) is 0 Å². The van der Waals surface area contributed by atoms with E-state index in [0.717, 1.165) is 5.69 Å². The Kier molecular flexibility index (Phi) is 4.66. The van der Waals surface area contributed by atoms with E-state index in [1.165, 1.54) is 0 Å². The van der Waals surface area contributed by atoms with Crippen LogP contribution in [0.15, 0.2) is 24.4 Å². The molecule has 0 saturated carbocycles. The Morgan fingerprint density at radius 2 is 2.44 bits per heavy atom. The lowest BCUT2D eigenvalue weighted by Crippen LogP contribution is -2.50. The summed E-state index contributed by atoms with van der Waals surface area (Å²) in [6, 6.07) is 5.48. The average Bonchev–Trinajstić information content (AvgIpc) is 2.45. The van der Waals surface area contributed by atoms with E-state index in [2.05, 4.69) is 4.98 Å². The van der Waals surface area contributed by atoms with Gasteiger partial charge in [0.25, 0.3) is 0 Å². The first-order valence-corrected chi connectivity index (χ1v) is 6.19. The Morgan fingerprint density at radius 3 is 3.17 bits per heavy atom. The van der Waals surface area contributed by atoms with Gasteiger partial charge in [0.2, 0.25) is 5.91 Å². The Morgan fingerprint density at radius 1 is 1.56 bits per heavy atom. The monoisotopic (exact) mass is 250 g/mol. The average molecular weight is 250 g/mol. The van der Waals surface area contributed by atoms with Crippen LogP contribution < -0.4 is 0 Å². The van der Waals surface area contributed by atoms with Crippen LogP contribution in [0.4, 0.5) is 0 Å². The summed E-state index contributed by atoms with van der Waals surface area (Å²) in [5.74, 6) is 0.0583. The van der Waals surface area contributed by atoms with Crippen LogP contribution in [0.3, 0.4) is 0 Å². The van der Waals surface area contributed by atoms with Crippen LogP contribution in [0.1, 0.15) is 12.1 Å². The van der Waals surface area contributed by atoms with Gasteiger partial charge in [-0.1, -0.05) is 6.07 Å². The molecule has 0 spiro atoms. The Bertz CT molecular complexity index is 383. The molecule has 0 radical (unpaired) electrons. The zero-order chi connectivity index (χ0) is 12.8. The standard InChI is InChI=1S/C13H18N2O3/c16-9-12-10-18-8-7-15(12)13(17)5-4-11-3-1-2-6-14-11/h1-3,6,12,16H,4-5,7-10H2. The van der Waals surface area contributed by atoms with Gasteiger partial charge in [0.15, 0.2) is 0 Å². The van der Waals surface area contributed by atoms with Gasteiger partial charge in [-0.05, 0) is 18.6 Å². The minimum absolute atomic E-state index is 0.0463. The number of aryl methyl sites for hydroxylation is 1. The number of rotatable bonds is 4. The second kappa shape index (κ2) is 6.47. The molecule has 1 aromatic heterocycles. The van der Waals surface area contributed by atoms with Gasteiger partial charge >= 0.3 is 0 Å². The van der Waals surface area contributed by atoms with E-state index in [4.69, 9.17) is 4.74 Å². The van der Waals surface area contributed by atoms with Crippen LogP contribution in [0.25, 0.3) is 0 Å². The largest absolute Gasteiger partial charge is 0.394 e. The van der Waals surface area contributed by atoms with Gasteiger partial charge in [0.1, 0.15) is 0 Å². The molecule has 0 bridgehead atoms. The molecular weight excluding hydrogens is 232 g/mol. The highest BCUT2D eigenvalue weighted by Gasteiger charge is 2.26. The number of morpholine rings is 1. The molecule has 1 fully saturated rings. The van der Waals surface area contributed by atoms with Gasteiger partial charge in [0.05, 0.1) is 25.9 Å². The van der Waals surface area contributed by atoms with Gasteiger partial charge in [0, 0.05) is 24.9 Å². The predicted octanol–water partition coefficient (Wildman–Crippen LogP) is 0.234. The maximum absolute atomic E-state index is 12.1. The first-order valence-electron chi connectivity index (χ1n) is 6.19. The summed E-state index contributed by atoms with van der Waals surface area (Å²) < 4.78 is 5.25. The molecule has 1 aliphatic heterocycles. The van der Waals surface area contributed by atoms with Gasteiger partial charge < -0.3 is 14.7 Å². The summed E-state index contributed by atoms with van der Waals surface area (Å²) in [6.07, 6.45) is 2.79.